The zero-order valence-electron chi connectivity index (χ0n) is 19.8. The van der Waals surface area contributed by atoms with Crippen molar-refractivity contribution in [1.29, 1.82) is 0 Å². The number of benzene rings is 2. The van der Waals surface area contributed by atoms with Crippen LogP contribution in [0, 0.1) is 0 Å². The summed E-state index contributed by atoms with van der Waals surface area (Å²) >= 11 is 0. The minimum atomic E-state index is -0.607. The standard InChI is InChI=1S/C26H32N2O4/c1-7-10-21-22-11-8-9-12-23(22)28(25(30)32-26(3,4)5)24(21)17-31-20-15-13-19(14-16-20)27(6)18(2)29/h8-9,11-16H,7,10,17H2,1-6H3. The van der Waals surface area contributed by atoms with Crippen LogP contribution in [0.5, 0.6) is 5.75 Å². The number of amides is 1. The molecule has 0 radical (unpaired) electrons. The number of aryl methyl sites for hydroxylation is 1. The molecule has 0 aliphatic heterocycles. The van der Waals surface area contributed by atoms with Crippen molar-refractivity contribution in [3.63, 3.8) is 0 Å². The Morgan fingerprint density at radius 3 is 2.28 bits per heavy atom. The summed E-state index contributed by atoms with van der Waals surface area (Å²) < 4.78 is 13.4. The number of anilines is 1. The summed E-state index contributed by atoms with van der Waals surface area (Å²) in [6.07, 6.45) is 1.37. The minimum Gasteiger partial charge on any atom is -0.487 e. The average Bonchev–Trinajstić information content (AvgIpc) is 3.04. The van der Waals surface area contributed by atoms with E-state index in [0.717, 1.165) is 40.7 Å². The summed E-state index contributed by atoms with van der Waals surface area (Å²) in [5, 5.41) is 1.04. The monoisotopic (exact) mass is 436 g/mol. The number of fused-ring (bicyclic) bond motifs is 1. The molecule has 3 rings (SSSR count). The van der Waals surface area contributed by atoms with Crippen LogP contribution in [-0.2, 0) is 22.6 Å². The largest absolute Gasteiger partial charge is 0.487 e. The zero-order chi connectivity index (χ0) is 23.5. The quantitative estimate of drug-likeness (QED) is 0.480. The van der Waals surface area contributed by atoms with Crippen molar-refractivity contribution in [2.75, 3.05) is 11.9 Å². The normalized spacial score (nSPS) is 11.4. The van der Waals surface area contributed by atoms with Gasteiger partial charge in [-0.2, -0.15) is 0 Å². The highest BCUT2D eigenvalue weighted by Crippen LogP contribution is 2.30. The van der Waals surface area contributed by atoms with Crippen LogP contribution in [0.2, 0.25) is 0 Å². The lowest BCUT2D eigenvalue weighted by Crippen LogP contribution is -2.28. The second kappa shape index (κ2) is 9.47. The predicted octanol–water partition coefficient (Wildman–Crippen LogP) is 5.94. The lowest BCUT2D eigenvalue weighted by molar-refractivity contribution is -0.116. The molecule has 0 bridgehead atoms. The molecule has 0 atom stereocenters. The number of hydrogen-bond acceptors (Lipinski definition) is 4. The van der Waals surface area contributed by atoms with Crippen LogP contribution in [0.4, 0.5) is 10.5 Å². The Hall–Kier alpha value is -3.28. The molecule has 3 aromatic rings. The lowest BCUT2D eigenvalue weighted by atomic mass is 10.1. The molecule has 1 aromatic heterocycles. The summed E-state index contributed by atoms with van der Waals surface area (Å²) in [5.74, 6) is 0.624. The van der Waals surface area contributed by atoms with Crippen LogP contribution < -0.4 is 9.64 Å². The van der Waals surface area contributed by atoms with Gasteiger partial charge in [-0.1, -0.05) is 31.5 Å². The molecular weight excluding hydrogens is 404 g/mol. The van der Waals surface area contributed by atoms with Crippen molar-refractivity contribution >= 4 is 28.6 Å². The van der Waals surface area contributed by atoms with Crippen molar-refractivity contribution < 1.29 is 19.1 Å². The number of carbonyl (C=O) groups is 2. The number of aromatic nitrogens is 1. The fourth-order valence-electron chi connectivity index (χ4n) is 3.66. The van der Waals surface area contributed by atoms with E-state index in [4.69, 9.17) is 9.47 Å². The van der Waals surface area contributed by atoms with Gasteiger partial charge >= 0.3 is 6.09 Å². The lowest BCUT2D eigenvalue weighted by Gasteiger charge is -2.21. The zero-order valence-corrected chi connectivity index (χ0v) is 19.8. The van der Waals surface area contributed by atoms with Gasteiger partial charge in [-0.25, -0.2) is 9.36 Å². The highest BCUT2D eigenvalue weighted by molar-refractivity contribution is 5.94. The Morgan fingerprint density at radius 2 is 1.69 bits per heavy atom. The summed E-state index contributed by atoms with van der Waals surface area (Å²) in [6, 6.07) is 15.2. The molecule has 0 N–H and O–H groups in total. The first-order valence-corrected chi connectivity index (χ1v) is 10.9. The van der Waals surface area contributed by atoms with Crippen molar-refractivity contribution in [3.05, 3.63) is 59.8 Å². The number of rotatable bonds is 6. The topological polar surface area (TPSA) is 60.8 Å². The maximum absolute atomic E-state index is 13.2. The molecule has 1 amide bonds. The number of para-hydroxylation sites is 1. The van der Waals surface area contributed by atoms with Crippen LogP contribution in [-0.4, -0.2) is 29.2 Å². The Balaban J connectivity index is 1.97. The van der Waals surface area contributed by atoms with Gasteiger partial charge in [0.05, 0.1) is 11.2 Å². The second-order valence-electron chi connectivity index (χ2n) is 8.87. The van der Waals surface area contributed by atoms with Gasteiger partial charge in [-0.15, -0.1) is 0 Å². The molecule has 2 aromatic carbocycles. The fourth-order valence-corrected chi connectivity index (χ4v) is 3.66. The summed E-state index contributed by atoms with van der Waals surface area (Å²) in [5.41, 5.74) is 2.90. The second-order valence-corrected chi connectivity index (χ2v) is 8.87. The molecule has 6 nitrogen and oxygen atoms in total. The first-order chi connectivity index (χ1) is 15.1. The molecule has 0 unspecified atom stereocenters. The Bertz CT molecular complexity index is 1110. The molecular formula is C26H32N2O4. The van der Waals surface area contributed by atoms with E-state index in [1.54, 1.807) is 16.5 Å². The van der Waals surface area contributed by atoms with Gasteiger partial charge in [-0.3, -0.25) is 4.79 Å². The third-order valence-electron chi connectivity index (χ3n) is 5.24. The van der Waals surface area contributed by atoms with E-state index in [0.29, 0.717) is 5.75 Å². The predicted molar refractivity (Wildman–Crippen MR) is 127 cm³/mol. The fraction of sp³-hybridized carbons (Fsp3) is 0.385. The van der Waals surface area contributed by atoms with Gasteiger partial charge in [0.1, 0.15) is 18.0 Å². The van der Waals surface area contributed by atoms with Gasteiger partial charge in [-0.05, 0) is 63.1 Å². The molecule has 170 valence electrons. The van der Waals surface area contributed by atoms with Crippen molar-refractivity contribution in [2.24, 2.45) is 0 Å². The molecule has 0 fully saturated rings. The summed E-state index contributed by atoms with van der Waals surface area (Å²) in [6.45, 7) is 9.45. The molecule has 6 heteroatoms. The summed E-state index contributed by atoms with van der Waals surface area (Å²) in [4.78, 5) is 26.3. The number of ether oxygens (including phenoxy) is 2. The SMILES string of the molecule is CCCc1c(COc2ccc(N(C)C(C)=O)cc2)n(C(=O)OC(C)(C)C)c2ccccc12. The Kier molecular flexibility index (Phi) is 6.92. The third-order valence-corrected chi connectivity index (χ3v) is 5.24. The van der Waals surface area contributed by atoms with Gasteiger partial charge in [0.15, 0.2) is 0 Å². The van der Waals surface area contributed by atoms with E-state index in [2.05, 4.69) is 6.92 Å². The van der Waals surface area contributed by atoms with E-state index in [1.165, 1.54) is 6.92 Å². The third kappa shape index (κ3) is 5.13. The molecule has 32 heavy (non-hydrogen) atoms. The van der Waals surface area contributed by atoms with Crippen LogP contribution in [0.3, 0.4) is 0 Å². The van der Waals surface area contributed by atoms with E-state index < -0.39 is 11.7 Å². The maximum Gasteiger partial charge on any atom is 0.419 e. The van der Waals surface area contributed by atoms with Crippen LogP contribution in [0.15, 0.2) is 48.5 Å². The van der Waals surface area contributed by atoms with E-state index in [-0.39, 0.29) is 12.5 Å². The Morgan fingerprint density at radius 1 is 1.03 bits per heavy atom. The Labute approximate surface area is 189 Å². The molecule has 0 aliphatic rings. The van der Waals surface area contributed by atoms with Gasteiger partial charge in [0.25, 0.3) is 0 Å². The van der Waals surface area contributed by atoms with Crippen molar-refractivity contribution in [3.8, 4) is 5.75 Å². The summed E-state index contributed by atoms with van der Waals surface area (Å²) in [7, 11) is 1.73. The first-order valence-electron chi connectivity index (χ1n) is 10.9. The molecule has 0 spiro atoms. The first kappa shape index (κ1) is 23.4. The molecule has 0 saturated carbocycles. The van der Waals surface area contributed by atoms with Gasteiger partial charge < -0.3 is 14.4 Å². The van der Waals surface area contributed by atoms with Gasteiger partial charge in [0.2, 0.25) is 5.91 Å². The van der Waals surface area contributed by atoms with E-state index in [1.807, 2.05) is 69.3 Å². The van der Waals surface area contributed by atoms with Crippen LogP contribution >= 0.6 is 0 Å². The van der Waals surface area contributed by atoms with E-state index in [9.17, 15) is 9.59 Å². The molecule has 0 aliphatic carbocycles. The number of hydrogen-bond donors (Lipinski definition) is 0. The number of nitrogens with zero attached hydrogens (tertiary/aromatic N) is 2. The van der Waals surface area contributed by atoms with Crippen LogP contribution in [0.25, 0.3) is 10.9 Å². The van der Waals surface area contributed by atoms with Gasteiger partial charge in [0, 0.05) is 25.0 Å². The van der Waals surface area contributed by atoms with Crippen LogP contribution in [0.1, 0.15) is 52.3 Å². The van der Waals surface area contributed by atoms with E-state index >= 15 is 0 Å². The van der Waals surface area contributed by atoms with Crippen molar-refractivity contribution in [2.45, 2.75) is 59.7 Å². The smallest absolute Gasteiger partial charge is 0.419 e. The minimum absolute atomic E-state index is 0.0373. The molecule has 1 heterocycles. The molecule has 0 saturated heterocycles. The van der Waals surface area contributed by atoms with Crippen molar-refractivity contribution in [1.82, 2.24) is 4.57 Å². The highest BCUT2D eigenvalue weighted by atomic mass is 16.6. The number of carbonyl (C=O) groups excluding carboxylic acids is 2. The maximum atomic E-state index is 13.2. The highest BCUT2D eigenvalue weighted by Gasteiger charge is 2.25. The average molecular weight is 437 g/mol.